The Morgan fingerprint density at radius 3 is 1.23 bits per heavy atom. The Hall–Kier alpha value is -2.56. The highest BCUT2D eigenvalue weighted by atomic mass is 14.6. The highest BCUT2D eigenvalue weighted by Crippen LogP contribution is 2.24. The van der Waals surface area contributed by atoms with Crippen molar-refractivity contribution < 1.29 is 0 Å². The number of benzene rings is 3. The zero-order valence-corrected chi connectivity index (χ0v) is 12.5. The minimum Gasteiger partial charge on any atom is -0.398 e. The van der Waals surface area contributed by atoms with Gasteiger partial charge >= 0.3 is 0 Å². The van der Waals surface area contributed by atoms with Crippen LogP contribution in [0.15, 0.2) is 60.7 Å². The van der Waals surface area contributed by atoms with Gasteiger partial charge in [0.05, 0.1) is 0 Å². The summed E-state index contributed by atoms with van der Waals surface area (Å²) in [5, 5.41) is 2.05. The average molecular weight is 294 g/mol. The van der Waals surface area contributed by atoms with Crippen molar-refractivity contribution in [2.24, 2.45) is 11.5 Å². The number of hydrogen-bond acceptors (Lipinski definition) is 4. The lowest BCUT2D eigenvalue weighted by Gasteiger charge is -2.03. The summed E-state index contributed by atoms with van der Waals surface area (Å²) in [6, 6.07) is 19.5. The monoisotopic (exact) mass is 294 g/mol. The number of nitrogens with two attached hydrogens (primary N) is 4. The molecule has 0 heterocycles. The fraction of sp³-hybridized carbons (Fsp3) is 0.111. The van der Waals surface area contributed by atoms with Gasteiger partial charge < -0.3 is 22.9 Å². The SMILES string of the molecule is NCc1ccc(CN)cc1.Nc1cccc2c(N)cccc12. The van der Waals surface area contributed by atoms with Gasteiger partial charge in [-0.15, -0.1) is 0 Å². The normalized spacial score (nSPS) is 10.1. The molecule has 8 N–H and O–H groups in total. The molecule has 114 valence electrons. The zero-order chi connectivity index (χ0) is 15.9. The molecule has 3 rings (SSSR count). The van der Waals surface area contributed by atoms with E-state index in [1.165, 1.54) is 0 Å². The summed E-state index contributed by atoms with van der Waals surface area (Å²) in [5.74, 6) is 0. The number of hydrogen-bond donors (Lipinski definition) is 4. The van der Waals surface area contributed by atoms with Gasteiger partial charge in [-0.3, -0.25) is 0 Å². The highest BCUT2D eigenvalue weighted by molar-refractivity contribution is 5.99. The summed E-state index contributed by atoms with van der Waals surface area (Å²) >= 11 is 0. The van der Waals surface area contributed by atoms with Gasteiger partial charge in [0.2, 0.25) is 0 Å². The number of anilines is 2. The smallest absolute Gasteiger partial charge is 0.0394 e. The Kier molecular flexibility index (Phi) is 5.36. The Morgan fingerprint density at radius 2 is 0.909 bits per heavy atom. The fourth-order valence-electron chi connectivity index (χ4n) is 2.17. The van der Waals surface area contributed by atoms with Crippen LogP contribution in [-0.2, 0) is 13.1 Å². The van der Waals surface area contributed by atoms with Gasteiger partial charge in [-0.1, -0.05) is 48.5 Å². The van der Waals surface area contributed by atoms with E-state index >= 15 is 0 Å². The van der Waals surface area contributed by atoms with Crippen molar-refractivity contribution in [2.75, 3.05) is 11.5 Å². The molecule has 3 aromatic rings. The standard InChI is InChI=1S/C10H10N2.C8H12N2/c11-9-5-1-3-7-8(9)4-2-6-10(7)12;9-5-7-1-2-8(6-10)4-3-7/h1-6H,11-12H2;1-4H,5-6,9-10H2. The van der Waals surface area contributed by atoms with Crippen LogP contribution in [0, 0.1) is 0 Å². The average Bonchev–Trinajstić information content (AvgIpc) is 2.57. The molecule has 3 aromatic carbocycles. The van der Waals surface area contributed by atoms with Crippen LogP contribution in [0.3, 0.4) is 0 Å². The van der Waals surface area contributed by atoms with Crippen molar-refractivity contribution in [3.63, 3.8) is 0 Å². The Morgan fingerprint density at radius 1 is 0.545 bits per heavy atom. The predicted octanol–water partition coefficient (Wildman–Crippen LogP) is 2.61. The minimum atomic E-state index is 0.602. The van der Waals surface area contributed by atoms with Crippen molar-refractivity contribution in [3.05, 3.63) is 71.8 Å². The molecule has 0 aliphatic rings. The van der Waals surface area contributed by atoms with E-state index in [4.69, 9.17) is 22.9 Å². The van der Waals surface area contributed by atoms with Crippen LogP contribution in [0.4, 0.5) is 11.4 Å². The van der Waals surface area contributed by atoms with Gasteiger partial charge in [-0.25, -0.2) is 0 Å². The lowest BCUT2D eigenvalue weighted by molar-refractivity contribution is 1.04. The van der Waals surface area contributed by atoms with Gasteiger partial charge in [-0.05, 0) is 23.3 Å². The fourth-order valence-corrected chi connectivity index (χ4v) is 2.17. The van der Waals surface area contributed by atoms with Crippen molar-refractivity contribution in [1.29, 1.82) is 0 Å². The molecule has 22 heavy (non-hydrogen) atoms. The van der Waals surface area contributed by atoms with E-state index in [-0.39, 0.29) is 0 Å². The zero-order valence-electron chi connectivity index (χ0n) is 12.5. The van der Waals surface area contributed by atoms with Crippen molar-refractivity contribution in [1.82, 2.24) is 0 Å². The summed E-state index contributed by atoms with van der Waals surface area (Å²) in [6.07, 6.45) is 0. The molecule has 0 aromatic heterocycles. The molecule has 4 heteroatoms. The number of fused-ring (bicyclic) bond motifs is 1. The second-order valence-corrected chi connectivity index (χ2v) is 5.01. The lowest BCUT2D eigenvalue weighted by atomic mass is 10.1. The molecule has 0 spiro atoms. The first-order valence-corrected chi connectivity index (χ1v) is 7.16. The predicted molar refractivity (Wildman–Crippen MR) is 95.0 cm³/mol. The molecule has 0 unspecified atom stereocenters. The van der Waals surface area contributed by atoms with Crippen molar-refractivity contribution in [2.45, 2.75) is 13.1 Å². The third-order valence-electron chi connectivity index (χ3n) is 3.48. The maximum Gasteiger partial charge on any atom is 0.0394 e. The quantitative estimate of drug-likeness (QED) is 0.545. The van der Waals surface area contributed by atoms with Gasteiger partial charge in [0.25, 0.3) is 0 Å². The number of rotatable bonds is 2. The maximum absolute atomic E-state index is 5.77. The second kappa shape index (κ2) is 7.45. The van der Waals surface area contributed by atoms with Gasteiger partial charge in [-0.2, -0.15) is 0 Å². The summed E-state index contributed by atoms with van der Waals surface area (Å²) in [4.78, 5) is 0. The summed E-state index contributed by atoms with van der Waals surface area (Å²) in [6.45, 7) is 1.20. The molecule has 0 amide bonds. The van der Waals surface area contributed by atoms with Gasteiger partial charge in [0.15, 0.2) is 0 Å². The highest BCUT2D eigenvalue weighted by Gasteiger charge is 1.98. The summed E-state index contributed by atoms with van der Waals surface area (Å²) < 4.78 is 0. The van der Waals surface area contributed by atoms with E-state index < -0.39 is 0 Å². The van der Waals surface area contributed by atoms with E-state index in [0.717, 1.165) is 33.3 Å². The van der Waals surface area contributed by atoms with Crippen LogP contribution >= 0.6 is 0 Å². The van der Waals surface area contributed by atoms with Crippen LogP contribution < -0.4 is 22.9 Å². The Balaban J connectivity index is 0.000000164. The first kappa shape index (κ1) is 15.8. The largest absolute Gasteiger partial charge is 0.398 e. The molecule has 4 nitrogen and oxygen atoms in total. The summed E-state index contributed by atoms with van der Waals surface area (Å²) in [7, 11) is 0. The molecule has 0 saturated carbocycles. The molecule has 0 aliphatic carbocycles. The first-order valence-electron chi connectivity index (χ1n) is 7.16. The second-order valence-electron chi connectivity index (χ2n) is 5.01. The topological polar surface area (TPSA) is 104 Å². The van der Waals surface area contributed by atoms with E-state index in [0.29, 0.717) is 13.1 Å². The van der Waals surface area contributed by atoms with Crippen molar-refractivity contribution in [3.8, 4) is 0 Å². The Bertz CT molecular complexity index is 671. The molecule has 0 fully saturated rings. The Labute approximate surface area is 130 Å². The molecular formula is C18H22N4. The van der Waals surface area contributed by atoms with Crippen LogP contribution in [0.25, 0.3) is 10.8 Å². The molecule has 0 saturated heterocycles. The maximum atomic E-state index is 5.77. The molecule has 0 aliphatic heterocycles. The van der Waals surface area contributed by atoms with E-state index in [1.54, 1.807) is 0 Å². The van der Waals surface area contributed by atoms with E-state index in [2.05, 4.69) is 0 Å². The number of nitrogen functional groups attached to an aromatic ring is 2. The summed E-state index contributed by atoms with van der Waals surface area (Å²) in [5.41, 5.74) is 26.2. The van der Waals surface area contributed by atoms with Crippen LogP contribution in [-0.4, -0.2) is 0 Å². The van der Waals surface area contributed by atoms with Crippen LogP contribution in [0.5, 0.6) is 0 Å². The van der Waals surface area contributed by atoms with Crippen molar-refractivity contribution >= 4 is 22.1 Å². The van der Waals surface area contributed by atoms with Gasteiger partial charge in [0.1, 0.15) is 0 Å². The molecule has 0 atom stereocenters. The van der Waals surface area contributed by atoms with Gasteiger partial charge in [0, 0.05) is 35.2 Å². The lowest BCUT2D eigenvalue weighted by Crippen LogP contribution is -1.98. The van der Waals surface area contributed by atoms with E-state index in [9.17, 15) is 0 Å². The third kappa shape index (κ3) is 3.75. The van der Waals surface area contributed by atoms with Crippen LogP contribution in [0.1, 0.15) is 11.1 Å². The molecule has 0 bridgehead atoms. The minimum absolute atomic E-state index is 0.602. The first-order chi connectivity index (χ1) is 10.7. The molecule has 0 radical (unpaired) electrons. The third-order valence-corrected chi connectivity index (χ3v) is 3.48. The van der Waals surface area contributed by atoms with Crippen LogP contribution in [0.2, 0.25) is 0 Å². The molecular weight excluding hydrogens is 272 g/mol. The van der Waals surface area contributed by atoms with E-state index in [1.807, 2.05) is 60.7 Å².